The van der Waals surface area contributed by atoms with Gasteiger partial charge >= 0.3 is 0 Å². The number of likely N-dealkylation sites (tertiary alicyclic amines) is 1. The van der Waals surface area contributed by atoms with E-state index in [1.807, 2.05) is 19.2 Å². The van der Waals surface area contributed by atoms with Crippen LogP contribution >= 0.6 is 0 Å². The van der Waals surface area contributed by atoms with E-state index in [2.05, 4.69) is 27.3 Å². The molecule has 0 unspecified atom stereocenters. The molecule has 1 aliphatic rings. The molecule has 1 aromatic rings. The van der Waals surface area contributed by atoms with Gasteiger partial charge in [-0.15, -0.1) is 0 Å². The first kappa shape index (κ1) is 22.5. The van der Waals surface area contributed by atoms with Gasteiger partial charge in [0.2, 0.25) is 0 Å². The molecule has 2 rings (SSSR count). The number of hydrogen-bond acceptors (Lipinski definition) is 5. The average molecular weight is 394 g/mol. The van der Waals surface area contributed by atoms with Crippen LogP contribution in [0.15, 0.2) is 29.3 Å². The molecule has 0 aliphatic carbocycles. The number of nitrogens with zero attached hydrogens (tertiary/aromatic N) is 2. The van der Waals surface area contributed by atoms with Gasteiger partial charge < -0.3 is 29.2 Å². The van der Waals surface area contributed by atoms with Crippen molar-refractivity contribution in [1.29, 1.82) is 0 Å². The third kappa shape index (κ3) is 8.04. The molecule has 1 aliphatic heterocycles. The minimum atomic E-state index is 0.344. The quantitative estimate of drug-likeness (QED) is 0.354. The van der Waals surface area contributed by atoms with Crippen molar-refractivity contribution in [3.63, 3.8) is 0 Å². The van der Waals surface area contributed by atoms with Gasteiger partial charge in [0.1, 0.15) is 12.4 Å². The monoisotopic (exact) mass is 393 g/mol. The molecule has 1 aromatic carbocycles. The van der Waals surface area contributed by atoms with Crippen molar-refractivity contribution < 1.29 is 18.9 Å². The Morgan fingerprint density at radius 3 is 2.39 bits per heavy atom. The minimum Gasteiger partial charge on any atom is -0.491 e. The van der Waals surface area contributed by atoms with Gasteiger partial charge in [-0.25, -0.2) is 0 Å². The lowest BCUT2D eigenvalue weighted by Crippen LogP contribution is -2.46. The Morgan fingerprint density at radius 1 is 1.04 bits per heavy atom. The standard InChI is InChI=1S/C21H35N3O4/c1-22-21(24-11-9-20(10-12-24)27-14-4-13-25-2)23-17-18-5-7-19(8-6-18)28-16-15-26-3/h5-8,20H,4,9-17H2,1-3H3,(H,22,23). The van der Waals surface area contributed by atoms with Crippen molar-refractivity contribution in [1.82, 2.24) is 10.2 Å². The van der Waals surface area contributed by atoms with Crippen LogP contribution in [0.25, 0.3) is 0 Å². The van der Waals surface area contributed by atoms with Gasteiger partial charge in [0, 0.05) is 54.1 Å². The van der Waals surface area contributed by atoms with E-state index in [4.69, 9.17) is 18.9 Å². The van der Waals surface area contributed by atoms with E-state index in [0.29, 0.717) is 19.3 Å². The van der Waals surface area contributed by atoms with Gasteiger partial charge in [-0.1, -0.05) is 12.1 Å². The molecule has 0 atom stereocenters. The summed E-state index contributed by atoms with van der Waals surface area (Å²) in [4.78, 5) is 6.74. The van der Waals surface area contributed by atoms with E-state index in [9.17, 15) is 0 Å². The zero-order valence-electron chi connectivity index (χ0n) is 17.5. The Bertz CT molecular complexity index is 557. The predicted octanol–water partition coefficient (Wildman–Crippen LogP) is 2.30. The van der Waals surface area contributed by atoms with E-state index < -0.39 is 0 Å². The normalized spacial score (nSPS) is 15.7. The summed E-state index contributed by atoms with van der Waals surface area (Å²) < 4.78 is 21.6. The fraction of sp³-hybridized carbons (Fsp3) is 0.667. The number of ether oxygens (including phenoxy) is 4. The van der Waals surface area contributed by atoms with E-state index in [1.165, 1.54) is 5.56 Å². The summed E-state index contributed by atoms with van der Waals surface area (Å²) in [6.45, 7) is 5.34. The Labute approximate surface area is 169 Å². The molecule has 0 bridgehead atoms. The summed E-state index contributed by atoms with van der Waals surface area (Å²) in [5.41, 5.74) is 1.19. The molecular weight excluding hydrogens is 358 g/mol. The minimum absolute atomic E-state index is 0.344. The Hall–Kier alpha value is -1.83. The van der Waals surface area contributed by atoms with Gasteiger partial charge in [0.25, 0.3) is 0 Å². The van der Waals surface area contributed by atoms with Crippen LogP contribution in [0.5, 0.6) is 5.75 Å². The fourth-order valence-electron chi connectivity index (χ4n) is 3.15. The first-order valence-corrected chi connectivity index (χ1v) is 10.0. The predicted molar refractivity (Wildman–Crippen MR) is 111 cm³/mol. The highest BCUT2D eigenvalue weighted by Crippen LogP contribution is 2.15. The van der Waals surface area contributed by atoms with Crippen LogP contribution < -0.4 is 10.1 Å². The van der Waals surface area contributed by atoms with Crippen LogP contribution in [0.1, 0.15) is 24.8 Å². The number of rotatable bonds is 11. The number of benzene rings is 1. The highest BCUT2D eigenvalue weighted by molar-refractivity contribution is 5.79. The van der Waals surface area contributed by atoms with Crippen molar-refractivity contribution in [2.75, 3.05) is 60.8 Å². The van der Waals surface area contributed by atoms with E-state index in [-0.39, 0.29) is 0 Å². The molecule has 1 heterocycles. The Kier molecular flexibility index (Phi) is 10.7. The zero-order valence-corrected chi connectivity index (χ0v) is 17.5. The number of aliphatic imine (C=N–C) groups is 1. The lowest BCUT2D eigenvalue weighted by molar-refractivity contribution is 0.00989. The number of methoxy groups -OCH3 is 2. The molecule has 0 spiro atoms. The molecule has 0 radical (unpaired) electrons. The van der Waals surface area contributed by atoms with Crippen molar-refractivity contribution in [2.45, 2.75) is 31.9 Å². The van der Waals surface area contributed by atoms with Gasteiger partial charge in [-0.05, 0) is 37.0 Å². The molecule has 0 aromatic heterocycles. The van der Waals surface area contributed by atoms with Crippen LogP contribution in [0, 0.1) is 0 Å². The summed E-state index contributed by atoms with van der Waals surface area (Å²) in [5.74, 6) is 1.80. The summed E-state index contributed by atoms with van der Waals surface area (Å²) in [7, 11) is 5.23. The highest BCUT2D eigenvalue weighted by Gasteiger charge is 2.21. The molecule has 28 heavy (non-hydrogen) atoms. The smallest absolute Gasteiger partial charge is 0.193 e. The van der Waals surface area contributed by atoms with Crippen molar-refractivity contribution in [2.24, 2.45) is 4.99 Å². The molecule has 0 saturated carbocycles. The van der Waals surface area contributed by atoms with Crippen LogP contribution in [0.3, 0.4) is 0 Å². The van der Waals surface area contributed by atoms with Crippen LogP contribution in [-0.4, -0.2) is 77.7 Å². The third-order valence-corrected chi connectivity index (χ3v) is 4.73. The molecule has 1 N–H and O–H groups in total. The van der Waals surface area contributed by atoms with Gasteiger partial charge in [-0.2, -0.15) is 0 Å². The molecule has 1 saturated heterocycles. The molecule has 1 fully saturated rings. The zero-order chi connectivity index (χ0) is 20.0. The summed E-state index contributed by atoms with van der Waals surface area (Å²) in [6.07, 6.45) is 3.36. The second-order valence-electron chi connectivity index (χ2n) is 6.79. The molecule has 7 nitrogen and oxygen atoms in total. The van der Waals surface area contributed by atoms with Crippen molar-refractivity contribution in [3.8, 4) is 5.75 Å². The number of hydrogen-bond donors (Lipinski definition) is 1. The maximum atomic E-state index is 5.94. The molecule has 158 valence electrons. The van der Waals surface area contributed by atoms with E-state index in [0.717, 1.165) is 63.8 Å². The van der Waals surface area contributed by atoms with E-state index in [1.54, 1.807) is 14.2 Å². The first-order valence-electron chi connectivity index (χ1n) is 10.0. The Morgan fingerprint density at radius 2 is 1.75 bits per heavy atom. The fourth-order valence-corrected chi connectivity index (χ4v) is 3.15. The molecule has 0 amide bonds. The Balaban J connectivity index is 1.70. The van der Waals surface area contributed by atoms with Crippen LogP contribution in [0.2, 0.25) is 0 Å². The topological polar surface area (TPSA) is 64.6 Å². The van der Waals surface area contributed by atoms with Crippen molar-refractivity contribution >= 4 is 5.96 Å². The third-order valence-electron chi connectivity index (χ3n) is 4.73. The summed E-state index contributed by atoms with van der Waals surface area (Å²) >= 11 is 0. The summed E-state index contributed by atoms with van der Waals surface area (Å²) in [5, 5.41) is 3.46. The lowest BCUT2D eigenvalue weighted by atomic mass is 10.1. The molecule has 7 heteroatoms. The largest absolute Gasteiger partial charge is 0.491 e. The van der Waals surface area contributed by atoms with Gasteiger partial charge in [0.15, 0.2) is 5.96 Å². The summed E-state index contributed by atoms with van der Waals surface area (Å²) in [6, 6.07) is 8.12. The van der Waals surface area contributed by atoms with E-state index >= 15 is 0 Å². The maximum Gasteiger partial charge on any atom is 0.193 e. The SMILES string of the molecule is CN=C(NCc1ccc(OCCOC)cc1)N1CCC(OCCCOC)CC1. The maximum absolute atomic E-state index is 5.94. The number of guanidine groups is 1. The average Bonchev–Trinajstić information content (AvgIpc) is 2.74. The van der Waals surface area contributed by atoms with Crippen molar-refractivity contribution in [3.05, 3.63) is 29.8 Å². The van der Waals surface area contributed by atoms with Crippen LogP contribution in [-0.2, 0) is 20.8 Å². The van der Waals surface area contributed by atoms with Crippen LogP contribution in [0.4, 0.5) is 0 Å². The second kappa shape index (κ2) is 13.4. The first-order chi connectivity index (χ1) is 13.8. The second-order valence-corrected chi connectivity index (χ2v) is 6.79. The highest BCUT2D eigenvalue weighted by atomic mass is 16.5. The van der Waals surface area contributed by atoms with Gasteiger partial charge in [-0.3, -0.25) is 4.99 Å². The van der Waals surface area contributed by atoms with Gasteiger partial charge in [0.05, 0.1) is 12.7 Å². The lowest BCUT2D eigenvalue weighted by Gasteiger charge is -2.34. The molecular formula is C21H35N3O4. The number of nitrogens with one attached hydrogen (secondary N) is 1. The number of piperidine rings is 1.